The Balaban J connectivity index is 0.00000420. The molecule has 0 heterocycles. The van der Waals surface area contributed by atoms with E-state index >= 15 is 0 Å². The normalized spacial score (nSPS) is 13.1. The summed E-state index contributed by atoms with van der Waals surface area (Å²) in [6, 6.07) is 13.3. The smallest absolute Gasteiger partial charge is 0.191 e. The van der Waals surface area contributed by atoms with Crippen LogP contribution in [0.3, 0.4) is 0 Å². The number of aliphatic hydroxyl groups is 1. The molecule has 0 aromatic heterocycles. The molecule has 0 fully saturated rings. The van der Waals surface area contributed by atoms with Gasteiger partial charge in [0.1, 0.15) is 23.4 Å². The highest BCUT2D eigenvalue weighted by atomic mass is 127. The van der Waals surface area contributed by atoms with Crippen molar-refractivity contribution in [2.24, 2.45) is 4.99 Å². The maximum atomic E-state index is 13.2. The Kier molecular flexibility index (Phi) is 11.4. The van der Waals surface area contributed by atoms with Crippen LogP contribution >= 0.6 is 24.0 Å². The first kappa shape index (κ1) is 25.0. The molecule has 0 aliphatic carbocycles. The second-order valence-corrected chi connectivity index (χ2v) is 6.28. The van der Waals surface area contributed by atoms with E-state index in [0.29, 0.717) is 24.8 Å². The summed E-state index contributed by atoms with van der Waals surface area (Å²) in [4.78, 5) is 4.42. The van der Waals surface area contributed by atoms with Crippen LogP contribution in [0.4, 0.5) is 4.39 Å². The monoisotopic (exact) mass is 517 g/mol. The molecule has 2 unspecified atom stereocenters. The molecule has 6 nitrogen and oxygen atoms in total. The van der Waals surface area contributed by atoms with Crippen molar-refractivity contribution in [1.82, 2.24) is 10.6 Å². The molecule has 29 heavy (non-hydrogen) atoms. The van der Waals surface area contributed by atoms with Gasteiger partial charge in [-0.3, -0.25) is 4.99 Å². The second-order valence-electron chi connectivity index (χ2n) is 6.28. The number of guanidine groups is 1. The number of halogens is 2. The predicted molar refractivity (Wildman–Crippen MR) is 124 cm³/mol. The lowest BCUT2D eigenvalue weighted by molar-refractivity contribution is 0.187. The van der Waals surface area contributed by atoms with Crippen LogP contribution in [-0.4, -0.2) is 43.9 Å². The summed E-state index contributed by atoms with van der Waals surface area (Å²) in [6.07, 6.45) is -0.917. The molecule has 2 aromatic carbocycles. The quantitative estimate of drug-likeness (QED) is 0.270. The van der Waals surface area contributed by atoms with E-state index < -0.39 is 6.10 Å². The minimum atomic E-state index is -0.720. The summed E-state index contributed by atoms with van der Waals surface area (Å²) in [7, 11) is 1.60. The minimum Gasteiger partial charge on any atom is -0.497 e. The number of hydrogen-bond donors (Lipinski definition) is 3. The first-order valence-electron chi connectivity index (χ1n) is 9.28. The Morgan fingerprint density at radius 2 is 1.86 bits per heavy atom. The summed E-state index contributed by atoms with van der Waals surface area (Å²) in [5.74, 6) is 1.46. The van der Waals surface area contributed by atoms with Gasteiger partial charge in [0, 0.05) is 12.6 Å². The molecule has 2 atom stereocenters. The second kappa shape index (κ2) is 13.2. The molecular weight excluding hydrogens is 488 g/mol. The zero-order chi connectivity index (χ0) is 20.4. The lowest BCUT2D eigenvalue weighted by Crippen LogP contribution is -2.42. The van der Waals surface area contributed by atoms with Crippen LogP contribution < -0.4 is 20.1 Å². The average molecular weight is 517 g/mol. The van der Waals surface area contributed by atoms with Crippen molar-refractivity contribution in [2.75, 3.05) is 26.7 Å². The number of rotatable bonds is 9. The average Bonchev–Trinajstić information content (AvgIpc) is 2.70. The van der Waals surface area contributed by atoms with Gasteiger partial charge >= 0.3 is 0 Å². The topological polar surface area (TPSA) is 75.1 Å². The fourth-order valence-corrected chi connectivity index (χ4v) is 2.51. The summed E-state index contributed by atoms with van der Waals surface area (Å²) in [5.41, 5.74) is 0.767. The third-order valence-electron chi connectivity index (χ3n) is 3.96. The van der Waals surface area contributed by atoms with E-state index in [1.165, 1.54) is 12.1 Å². The molecule has 2 rings (SSSR count). The van der Waals surface area contributed by atoms with Crippen molar-refractivity contribution in [1.29, 1.82) is 0 Å². The highest BCUT2D eigenvalue weighted by Crippen LogP contribution is 2.17. The van der Waals surface area contributed by atoms with Crippen molar-refractivity contribution in [3.8, 4) is 11.5 Å². The van der Waals surface area contributed by atoms with E-state index in [4.69, 9.17) is 9.47 Å². The van der Waals surface area contributed by atoms with Gasteiger partial charge in [-0.05, 0) is 43.7 Å². The number of hydrogen-bond acceptors (Lipinski definition) is 4. The van der Waals surface area contributed by atoms with Gasteiger partial charge < -0.3 is 25.2 Å². The van der Waals surface area contributed by atoms with Gasteiger partial charge in [-0.2, -0.15) is 0 Å². The Hall–Kier alpha value is -2.07. The number of ether oxygens (including phenoxy) is 2. The van der Waals surface area contributed by atoms with Crippen molar-refractivity contribution < 1.29 is 19.0 Å². The van der Waals surface area contributed by atoms with Crippen LogP contribution in [0.1, 0.15) is 25.5 Å². The molecule has 0 aliphatic rings. The first-order valence-corrected chi connectivity index (χ1v) is 9.28. The van der Waals surface area contributed by atoms with Crippen molar-refractivity contribution in [3.63, 3.8) is 0 Å². The highest BCUT2D eigenvalue weighted by Gasteiger charge is 2.09. The van der Waals surface area contributed by atoms with E-state index in [1.54, 1.807) is 31.4 Å². The number of aliphatic hydroxyl groups excluding tert-OH is 1. The summed E-state index contributed by atoms with van der Waals surface area (Å²) in [5, 5.41) is 16.6. The van der Waals surface area contributed by atoms with Crippen LogP contribution in [-0.2, 0) is 0 Å². The van der Waals surface area contributed by atoms with E-state index in [9.17, 15) is 9.50 Å². The maximum Gasteiger partial charge on any atom is 0.191 e. The third-order valence-corrected chi connectivity index (χ3v) is 3.96. The zero-order valence-electron chi connectivity index (χ0n) is 16.9. The first-order chi connectivity index (χ1) is 13.5. The molecule has 0 bridgehead atoms. The summed E-state index contributed by atoms with van der Waals surface area (Å²) < 4.78 is 24.0. The van der Waals surface area contributed by atoms with Crippen LogP contribution in [0, 0.1) is 5.82 Å². The lowest BCUT2D eigenvalue weighted by Gasteiger charge is -2.18. The Morgan fingerprint density at radius 1 is 1.14 bits per heavy atom. The predicted octanol–water partition coefficient (Wildman–Crippen LogP) is 3.51. The molecule has 0 aliphatic heterocycles. The third kappa shape index (κ3) is 8.86. The van der Waals surface area contributed by atoms with Crippen LogP contribution in [0.25, 0.3) is 0 Å². The molecule has 0 radical (unpaired) electrons. The number of nitrogens with zero attached hydrogens (tertiary/aromatic N) is 1. The van der Waals surface area contributed by atoms with Gasteiger partial charge in [0.15, 0.2) is 5.96 Å². The van der Waals surface area contributed by atoms with Crippen LogP contribution in [0.5, 0.6) is 11.5 Å². The SMILES string of the molecule is CCNC(=NCC(O)c1ccc(OC)cc1)NCC(C)Oc1cccc(F)c1.I. The molecule has 0 saturated heterocycles. The maximum absolute atomic E-state index is 13.2. The Bertz CT molecular complexity index is 759. The number of benzene rings is 2. The largest absolute Gasteiger partial charge is 0.497 e. The fourth-order valence-electron chi connectivity index (χ4n) is 2.51. The number of aliphatic imine (C=N–C) groups is 1. The molecule has 0 spiro atoms. The lowest BCUT2D eigenvalue weighted by atomic mass is 10.1. The molecule has 3 N–H and O–H groups in total. The minimum absolute atomic E-state index is 0. The summed E-state index contributed by atoms with van der Waals surface area (Å²) in [6.45, 7) is 5.21. The van der Waals surface area contributed by atoms with Crippen molar-refractivity contribution in [3.05, 3.63) is 59.9 Å². The van der Waals surface area contributed by atoms with Gasteiger partial charge in [-0.1, -0.05) is 18.2 Å². The molecular formula is C21H29FIN3O3. The van der Waals surface area contributed by atoms with Crippen LogP contribution in [0.15, 0.2) is 53.5 Å². The zero-order valence-corrected chi connectivity index (χ0v) is 19.2. The molecule has 2 aromatic rings. The van der Waals surface area contributed by atoms with Crippen LogP contribution in [0.2, 0.25) is 0 Å². The van der Waals surface area contributed by atoms with E-state index in [2.05, 4.69) is 15.6 Å². The molecule has 160 valence electrons. The molecule has 8 heteroatoms. The molecule has 0 amide bonds. The van der Waals surface area contributed by atoms with E-state index in [0.717, 1.165) is 11.3 Å². The van der Waals surface area contributed by atoms with Gasteiger partial charge in [0.2, 0.25) is 0 Å². The fraction of sp³-hybridized carbons (Fsp3) is 0.381. The Morgan fingerprint density at radius 3 is 2.48 bits per heavy atom. The number of methoxy groups -OCH3 is 1. The highest BCUT2D eigenvalue weighted by molar-refractivity contribution is 14.0. The van der Waals surface area contributed by atoms with Crippen molar-refractivity contribution >= 4 is 29.9 Å². The van der Waals surface area contributed by atoms with E-state index in [1.807, 2.05) is 26.0 Å². The van der Waals surface area contributed by atoms with E-state index in [-0.39, 0.29) is 42.4 Å². The van der Waals surface area contributed by atoms with Gasteiger partial charge in [-0.25, -0.2) is 4.39 Å². The number of nitrogens with one attached hydrogen (secondary N) is 2. The standard InChI is InChI=1S/C21H28FN3O3.HI/c1-4-23-21(24-13-15(2)28-19-7-5-6-17(22)12-19)25-14-20(26)16-8-10-18(27-3)11-9-16;/h5-12,15,20,26H,4,13-14H2,1-3H3,(H2,23,24,25);1H. The molecule has 0 saturated carbocycles. The van der Waals surface area contributed by atoms with Gasteiger partial charge in [-0.15, -0.1) is 24.0 Å². The van der Waals surface area contributed by atoms with Gasteiger partial charge in [0.25, 0.3) is 0 Å². The summed E-state index contributed by atoms with van der Waals surface area (Å²) >= 11 is 0. The van der Waals surface area contributed by atoms with Gasteiger partial charge in [0.05, 0.1) is 26.3 Å². The Labute approximate surface area is 188 Å². The van der Waals surface area contributed by atoms with Crippen molar-refractivity contribution in [2.45, 2.75) is 26.1 Å².